The summed E-state index contributed by atoms with van der Waals surface area (Å²) in [5.41, 5.74) is 5.47. The average molecular weight is 299 g/mol. The van der Waals surface area contributed by atoms with Gasteiger partial charge in [-0.25, -0.2) is 0 Å². The number of non-ortho nitro benzene ring substituents is 1. The number of hydrogen-bond donors (Lipinski definition) is 3. The number of carbonyl (C=O) groups excluding carboxylic acids is 1. The van der Waals surface area contributed by atoms with Gasteiger partial charge < -0.3 is 16.2 Å². The first-order valence-corrected chi connectivity index (χ1v) is 7.33. The third-order valence-corrected chi connectivity index (χ3v) is 3.37. The highest BCUT2D eigenvalue weighted by Crippen LogP contribution is 2.23. The molecule has 0 radical (unpaired) electrons. The highest BCUT2D eigenvalue weighted by atomic mass is 32.2. The van der Waals surface area contributed by atoms with Gasteiger partial charge in [0.25, 0.3) is 11.6 Å². The minimum absolute atomic E-state index is 0.0433. The summed E-state index contributed by atoms with van der Waals surface area (Å²) in [4.78, 5) is 21.5. The van der Waals surface area contributed by atoms with Gasteiger partial charge in [-0.05, 0) is 24.5 Å². The second-order valence-electron chi connectivity index (χ2n) is 4.16. The van der Waals surface area contributed by atoms with Gasteiger partial charge in [-0.1, -0.05) is 0 Å². The fraction of sp³-hybridized carbons (Fsp3) is 0.417. The molecule has 1 atom stereocenters. The Hall–Kier alpha value is -1.80. The predicted molar refractivity (Wildman–Crippen MR) is 79.1 cm³/mol. The van der Waals surface area contributed by atoms with Gasteiger partial charge in [0, 0.05) is 17.8 Å². The molecule has 0 aliphatic rings. The van der Waals surface area contributed by atoms with E-state index in [1.807, 2.05) is 6.26 Å². The minimum Gasteiger partial charge on any atom is -0.394 e. The Morgan fingerprint density at radius 3 is 2.80 bits per heavy atom. The Morgan fingerprint density at radius 2 is 2.30 bits per heavy atom. The molecule has 110 valence electrons. The summed E-state index contributed by atoms with van der Waals surface area (Å²) in [6, 6.07) is 3.62. The van der Waals surface area contributed by atoms with E-state index in [2.05, 4.69) is 5.32 Å². The number of aliphatic hydroxyl groups is 1. The Kier molecular flexibility index (Phi) is 6.26. The third-order valence-electron chi connectivity index (χ3n) is 2.73. The molecule has 7 nitrogen and oxygen atoms in total. The summed E-state index contributed by atoms with van der Waals surface area (Å²) in [5, 5.41) is 23.0. The van der Waals surface area contributed by atoms with E-state index >= 15 is 0 Å². The van der Waals surface area contributed by atoms with Crippen LogP contribution in [-0.4, -0.2) is 40.6 Å². The summed E-state index contributed by atoms with van der Waals surface area (Å²) in [7, 11) is 0. The minimum atomic E-state index is -0.752. The maximum absolute atomic E-state index is 11.4. The molecule has 0 bridgehead atoms. The van der Waals surface area contributed by atoms with Crippen LogP contribution in [-0.2, 0) is 0 Å². The molecule has 8 heteroatoms. The number of hydrogen-bond acceptors (Lipinski definition) is 6. The summed E-state index contributed by atoms with van der Waals surface area (Å²) in [6.45, 7) is -0.101. The van der Waals surface area contributed by atoms with Crippen LogP contribution in [0.4, 0.5) is 11.4 Å². The van der Waals surface area contributed by atoms with E-state index in [1.54, 1.807) is 11.8 Å². The van der Waals surface area contributed by atoms with Gasteiger partial charge in [0.15, 0.2) is 0 Å². The number of thioether (sulfide) groups is 1. The first kappa shape index (κ1) is 16.3. The number of nitrogens with zero attached hydrogens (tertiary/aromatic N) is 1. The number of nitrogens with two attached hydrogens (primary N) is 1. The molecular formula is C12H17N3O4S. The topological polar surface area (TPSA) is 118 Å². The molecule has 20 heavy (non-hydrogen) atoms. The summed E-state index contributed by atoms with van der Waals surface area (Å²) < 4.78 is 0. The van der Waals surface area contributed by atoms with E-state index in [1.165, 1.54) is 12.1 Å². The van der Waals surface area contributed by atoms with E-state index in [-0.39, 0.29) is 23.9 Å². The van der Waals surface area contributed by atoms with Crippen molar-refractivity contribution in [3.05, 3.63) is 33.9 Å². The molecule has 0 unspecified atom stereocenters. The first-order valence-electron chi connectivity index (χ1n) is 5.94. The highest BCUT2D eigenvalue weighted by Gasteiger charge is 2.17. The second kappa shape index (κ2) is 7.71. The molecule has 0 spiro atoms. The molecule has 1 aromatic rings. The van der Waals surface area contributed by atoms with Crippen LogP contribution in [0.15, 0.2) is 18.2 Å². The molecule has 0 fully saturated rings. The van der Waals surface area contributed by atoms with E-state index in [9.17, 15) is 20.0 Å². The van der Waals surface area contributed by atoms with E-state index in [4.69, 9.17) is 5.73 Å². The predicted octanol–water partition coefficient (Wildman–Crippen LogP) is 1.22. The van der Waals surface area contributed by atoms with E-state index in [0.717, 1.165) is 11.8 Å². The molecule has 0 aromatic heterocycles. The number of amides is 1. The van der Waals surface area contributed by atoms with Crippen molar-refractivity contribution >= 4 is 29.0 Å². The van der Waals surface area contributed by atoms with Crippen LogP contribution in [0.2, 0.25) is 0 Å². The first-order chi connectivity index (χ1) is 9.49. The summed E-state index contributed by atoms with van der Waals surface area (Å²) in [5.74, 6) is 0.0923. The molecule has 0 saturated heterocycles. The molecule has 0 saturated carbocycles. The summed E-state index contributed by atoms with van der Waals surface area (Å²) >= 11 is 1.64. The molecule has 1 aromatic carbocycles. The van der Waals surface area contributed by atoms with Crippen molar-refractivity contribution in [2.75, 3.05) is 23.9 Å². The number of rotatable bonds is 8. The number of nitrogens with one attached hydrogen (secondary N) is 1. The zero-order valence-corrected chi connectivity index (χ0v) is 11.9. The van der Waals surface area contributed by atoms with Crippen molar-refractivity contribution in [2.24, 2.45) is 5.73 Å². The van der Waals surface area contributed by atoms with Crippen LogP contribution in [0.1, 0.15) is 16.8 Å². The van der Waals surface area contributed by atoms with Crippen molar-refractivity contribution < 1.29 is 14.8 Å². The van der Waals surface area contributed by atoms with Crippen molar-refractivity contribution in [2.45, 2.75) is 12.5 Å². The van der Waals surface area contributed by atoms with Gasteiger partial charge in [-0.3, -0.25) is 14.9 Å². The van der Waals surface area contributed by atoms with Crippen LogP contribution < -0.4 is 11.1 Å². The zero-order chi connectivity index (χ0) is 15.1. The molecule has 0 aliphatic carbocycles. The van der Waals surface area contributed by atoms with Crippen LogP contribution in [0.3, 0.4) is 0 Å². The number of benzene rings is 1. The van der Waals surface area contributed by atoms with Gasteiger partial charge >= 0.3 is 0 Å². The van der Waals surface area contributed by atoms with Gasteiger partial charge in [0.1, 0.15) is 0 Å². The smallest absolute Gasteiger partial charge is 0.270 e. The maximum Gasteiger partial charge on any atom is 0.270 e. The average Bonchev–Trinajstić information content (AvgIpc) is 2.43. The third kappa shape index (κ3) is 4.39. The monoisotopic (exact) mass is 299 g/mol. The lowest BCUT2D eigenvalue weighted by molar-refractivity contribution is -0.384. The van der Waals surface area contributed by atoms with Gasteiger partial charge in [-0.15, -0.1) is 0 Å². The van der Waals surface area contributed by atoms with E-state index in [0.29, 0.717) is 12.1 Å². The lowest BCUT2D eigenvalue weighted by atomic mass is 10.1. The van der Waals surface area contributed by atoms with Crippen molar-refractivity contribution in [3.8, 4) is 0 Å². The normalized spacial score (nSPS) is 11.9. The fourth-order valence-corrected chi connectivity index (χ4v) is 2.18. The summed E-state index contributed by atoms with van der Waals surface area (Å²) in [6.07, 6.45) is 2.65. The quantitative estimate of drug-likeness (QED) is 0.490. The van der Waals surface area contributed by atoms with Crippen LogP contribution >= 0.6 is 11.8 Å². The van der Waals surface area contributed by atoms with Gasteiger partial charge in [-0.2, -0.15) is 11.8 Å². The standard InChI is InChI=1S/C12H17N3O4S/c1-20-5-4-8(7-16)14-11-3-2-9(15(18)19)6-10(11)12(13)17/h2-3,6,8,14,16H,4-5,7H2,1H3,(H2,13,17)/t8-/m1/s1. The zero-order valence-electron chi connectivity index (χ0n) is 11.0. The number of carbonyl (C=O) groups is 1. The molecule has 0 aliphatic heterocycles. The molecule has 4 N–H and O–H groups in total. The Bertz CT molecular complexity index is 496. The number of aliphatic hydroxyl groups excluding tert-OH is 1. The highest BCUT2D eigenvalue weighted by molar-refractivity contribution is 7.98. The molecule has 1 amide bonds. The Labute approximate surface area is 120 Å². The van der Waals surface area contributed by atoms with Crippen LogP contribution in [0, 0.1) is 10.1 Å². The van der Waals surface area contributed by atoms with Gasteiger partial charge in [0.05, 0.1) is 23.1 Å². The lowest BCUT2D eigenvalue weighted by Gasteiger charge is -2.18. The number of nitro groups is 1. The Morgan fingerprint density at radius 1 is 1.60 bits per heavy atom. The van der Waals surface area contributed by atoms with Crippen LogP contribution in [0.25, 0.3) is 0 Å². The molecule has 0 heterocycles. The number of primary amides is 1. The van der Waals surface area contributed by atoms with Crippen molar-refractivity contribution in [1.29, 1.82) is 0 Å². The van der Waals surface area contributed by atoms with Crippen molar-refractivity contribution in [3.63, 3.8) is 0 Å². The fourth-order valence-electron chi connectivity index (χ4n) is 1.66. The van der Waals surface area contributed by atoms with Gasteiger partial charge in [0.2, 0.25) is 0 Å². The SMILES string of the molecule is CSCC[C@H](CO)Nc1ccc([N+](=O)[O-])cc1C(N)=O. The maximum atomic E-state index is 11.4. The Balaban J connectivity index is 2.98. The molecule has 1 rings (SSSR count). The van der Waals surface area contributed by atoms with Crippen molar-refractivity contribution in [1.82, 2.24) is 0 Å². The van der Waals surface area contributed by atoms with Crippen LogP contribution in [0.5, 0.6) is 0 Å². The number of nitro benzene ring substituents is 1. The van der Waals surface area contributed by atoms with E-state index < -0.39 is 10.8 Å². The molecular weight excluding hydrogens is 282 g/mol. The lowest BCUT2D eigenvalue weighted by Crippen LogP contribution is -2.26. The largest absolute Gasteiger partial charge is 0.394 e. The number of anilines is 1. The second-order valence-corrected chi connectivity index (χ2v) is 5.14.